The lowest BCUT2D eigenvalue weighted by molar-refractivity contribution is -0.128. The van der Waals surface area contributed by atoms with E-state index >= 15 is 0 Å². The van der Waals surface area contributed by atoms with Crippen molar-refractivity contribution in [3.8, 4) is 0 Å². The number of nitrogens with zero attached hydrogens (tertiary/aromatic N) is 2. The second kappa shape index (κ2) is 8.00. The van der Waals surface area contributed by atoms with Crippen LogP contribution in [0.25, 0.3) is 0 Å². The zero-order chi connectivity index (χ0) is 17.6. The van der Waals surface area contributed by atoms with Crippen molar-refractivity contribution in [2.24, 2.45) is 10.4 Å². The number of carbonyl (C=O) groups is 2. The van der Waals surface area contributed by atoms with Gasteiger partial charge in [0, 0.05) is 33.2 Å². The fraction of sp³-hybridized carbons (Fsp3) is 0.800. The molecule has 0 saturated heterocycles. The molecule has 0 heterocycles. The first kappa shape index (κ1) is 20.2. The number of nitrogens with one attached hydrogen (secondary N) is 3. The molecule has 0 radical (unpaired) electrons. The Balaban J connectivity index is 4.60. The predicted octanol–water partition coefficient (Wildman–Crippen LogP) is 0.181. The standard InChI is InChI=1S/C15H31N5O2/c1-14(2,3)19-11(21)9-20(8)13(17-7)18-10-15(4,5)12(22)16-6/h9-10H2,1-8H3,(H,16,22)(H,17,18)(H,19,21). The van der Waals surface area contributed by atoms with Crippen molar-refractivity contribution in [1.82, 2.24) is 20.9 Å². The summed E-state index contributed by atoms with van der Waals surface area (Å²) in [6.07, 6.45) is 0. The summed E-state index contributed by atoms with van der Waals surface area (Å²) in [4.78, 5) is 29.6. The van der Waals surface area contributed by atoms with Gasteiger partial charge in [-0.2, -0.15) is 0 Å². The fourth-order valence-electron chi connectivity index (χ4n) is 1.85. The summed E-state index contributed by atoms with van der Waals surface area (Å²) in [5.74, 6) is 0.438. The Kier molecular flexibility index (Phi) is 7.35. The highest BCUT2D eigenvalue weighted by Crippen LogP contribution is 2.13. The van der Waals surface area contributed by atoms with Gasteiger partial charge in [-0.15, -0.1) is 0 Å². The maximum Gasteiger partial charge on any atom is 0.240 e. The van der Waals surface area contributed by atoms with E-state index in [9.17, 15) is 9.59 Å². The van der Waals surface area contributed by atoms with E-state index in [1.807, 2.05) is 34.6 Å². The van der Waals surface area contributed by atoms with Crippen molar-refractivity contribution >= 4 is 17.8 Å². The van der Waals surface area contributed by atoms with E-state index in [0.29, 0.717) is 12.5 Å². The number of carbonyl (C=O) groups excluding carboxylic acids is 2. The molecule has 0 saturated carbocycles. The second-order valence-corrected chi connectivity index (χ2v) is 7.02. The molecule has 0 bridgehead atoms. The third kappa shape index (κ3) is 7.28. The van der Waals surface area contributed by atoms with E-state index in [0.717, 1.165) is 0 Å². The number of amides is 2. The number of likely N-dealkylation sites (N-methyl/N-ethyl adjacent to an activating group) is 1. The zero-order valence-corrected chi connectivity index (χ0v) is 15.1. The van der Waals surface area contributed by atoms with Crippen LogP contribution in [0.4, 0.5) is 0 Å². The summed E-state index contributed by atoms with van der Waals surface area (Å²) in [7, 11) is 5.04. The molecule has 0 rings (SSSR count). The quantitative estimate of drug-likeness (QED) is 0.499. The highest BCUT2D eigenvalue weighted by Gasteiger charge is 2.27. The first-order valence-corrected chi connectivity index (χ1v) is 7.38. The molecule has 0 fully saturated rings. The van der Waals surface area contributed by atoms with Gasteiger partial charge in [0.05, 0.1) is 12.0 Å². The lowest BCUT2D eigenvalue weighted by atomic mass is 9.92. The number of guanidine groups is 1. The van der Waals surface area contributed by atoms with Gasteiger partial charge in [-0.1, -0.05) is 0 Å². The molecule has 0 aliphatic heterocycles. The SMILES string of the molecule is CN=C(NCC(C)(C)C(=O)NC)N(C)CC(=O)NC(C)(C)C. The second-order valence-electron chi connectivity index (χ2n) is 7.02. The molecule has 0 spiro atoms. The topological polar surface area (TPSA) is 85.8 Å². The lowest BCUT2D eigenvalue weighted by Crippen LogP contribution is -2.51. The molecule has 22 heavy (non-hydrogen) atoms. The summed E-state index contributed by atoms with van der Waals surface area (Å²) in [5.41, 5.74) is -0.838. The molecule has 7 heteroatoms. The number of aliphatic imine (C=N–C) groups is 1. The molecule has 0 atom stereocenters. The van der Waals surface area contributed by atoms with Crippen molar-refractivity contribution in [2.45, 2.75) is 40.2 Å². The third-order valence-electron chi connectivity index (χ3n) is 3.00. The molecule has 0 aromatic rings. The van der Waals surface area contributed by atoms with E-state index in [1.165, 1.54) is 0 Å². The summed E-state index contributed by atoms with van der Waals surface area (Å²) in [6, 6.07) is 0. The van der Waals surface area contributed by atoms with Crippen LogP contribution < -0.4 is 16.0 Å². The van der Waals surface area contributed by atoms with Crippen LogP contribution in [-0.2, 0) is 9.59 Å². The Bertz CT molecular complexity index is 424. The summed E-state index contributed by atoms with van der Waals surface area (Å²) >= 11 is 0. The number of rotatable bonds is 5. The maximum absolute atomic E-state index is 11.9. The first-order valence-electron chi connectivity index (χ1n) is 7.38. The minimum absolute atomic E-state index is 0.0522. The summed E-state index contributed by atoms with van der Waals surface area (Å²) in [6.45, 7) is 10.1. The predicted molar refractivity (Wildman–Crippen MR) is 89.7 cm³/mol. The molecule has 2 amide bonds. The highest BCUT2D eigenvalue weighted by molar-refractivity contribution is 5.87. The molecule has 7 nitrogen and oxygen atoms in total. The maximum atomic E-state index is 11.9. The highest BCUT2D eigenvalue weighted by atomic mass is 16.2. The van der Waals surface area contributed by atoms with Crippen molar-refractivity contribution < 1.29 is 9.59 Å². The van der Waals surface area contributed by atoms with Crippen molar-refractivity contribution in [1.29, 1.82) is 0 Å². The van der Waals surface area contributed by atoms with Gasteiger partial charge in [0.1, 0.15) is 0 Å². The van der Waals surface area contributed by atoms with E-state index in [-0.39, 0.29) is 23.9 Å². The molecular formula is C15H31N5O2. The molecule has 3 N–H and O–H groups in total. The first-order chi connectivity index (χ1) is 9.92. The fourth-order valence-corrected chi connectivity index (χ4v) is 1.85. The molecule has 0 aliphatic carbocycles. The van der Waals surface area contributed by atoms with Crippen molar-refractivity contribution in [3.05, 3.63) is 0 Å². The Labute approximate surface area is 133 Å². The third-order valence-corrected chi connectivity index (χ3v) is 3.00. The zero-order valence-electron chi connectivity index (χ0n) is 15.1. The van der Waals surface area contributed by atoms with Crippen molar-refractivity contribution in [2.75, 3.05) is 34.2 Å². The average Bonchev–Trinajstić information content (AvgIpc) is 2.35. The Hall–Kier alpha value is -1.79. The Morgan fingerprint density at radius 3 is 2.09 bits per heavy atom. The van der Waals surface area contributed by atoms with E-state index in [4.69, 9.17) is 0 Å². The van der Waals surface area contributed by atoms with Gasteiger partial charge in [-0.05, 0) is 34.6 Å². The smallest absolute Gasteiger partial charge is 0.240 e. The number of hydrogen-bond donors (Lipinski definition) is 3. The van der Waals surface area contributed by atoms with Crippen LogP contribution in [0.15, 0.2) is 4.99 Å². The minimum Gasteiger partial charge on any atom is -0.359 e. The van der Waals surface area contributed by atoms with Crippen LogP contribution in [-0.4, -0.2) is 62.4 Å². The summed E-state index contributed by atoms with van der Waals surface area (Å²) in [5, 5.41) is 8.67. The van der Waals surface area contributed by atoms with E-state index in [2.05, 4.69) is 20.9 Å². The molecule has 0 aromatic heterocycles. The molecular weight excluding hydrogens is 282 g/mol. The lowest BCUT2D eigenvalue weighted by Gasteiger charge is -2.28. The Morgan fingerprint density at radius 2 is 1.68 bits per heavy atom. The monoisotopic (exact) mass is 313 g/mol. The van der Waals surface area contributed by atoms with Crippen LogP contribution >= 0.6 is 0 Å². The summed E-state index contributed by atoms with van der Waals surface area (Å²) < 4.78 is 0. The molecule has 0 aromatic carbocycles. The van der Waals surface area contributed by atoms with Crippen molar-refractivity contribution in [3.63, 3.8) is 0 Å². The minimum atomic E-state index is -0.570. The largest absolute Gasteiger partial charge is 0.359 e. The van der Waals surface area contributed by atoms with Crippen LogP contribution in [0.3, 0.4) is 0 Å². The van der Waals surface area contributed by atoms with Crippen LogP contribution in [0.5, 0.6) is 0 Å². The normalized spacial score (nSPS) is 12.6. The van der Waals surface area contributed by atoms with Gasteiger partial charge in [0.2, 0.25) is 11.8 Å². The Morgan fingerprint density at radius 1 is 1.14 bits per heavy atom. The van der Waals surface area contributed by atoms with Crippen LogP contribution in [0, 0.1) is 5.41 Å². The van der Waals surface area contributed by atoms with E-state index in [1.54, 1.807) is 26.0 Å². The van der Waals surface area contributed by atoms with Crippen LogP contribution in [0.1, 0.15) is 34.6 Å². The van der Waals surface area contributed by atoms with Gasteiger partial charge in [-0.3, -0.25) is 14.6 Å². The van der Waals surface area contributed by atoms with E-state index < -0.39 is 5.41 Å². The molecule has 0 unspecified atom stereocenters. The van der Waals surface area contributed by atoms with Gasteiger partial charge in [0.15, 0.2) is 5.96 Å². The average molecular weight is 313 g/mol. The van der Waals surface area contributed by atoms with Gasteiger partial charge in [0.25, 0.3) is 0 Å². The van der Waals surface area contributed by atoms with Crippen LogP contribution in [0.2, 0.25) is 0 Å². The molecule has 128 valence electrons. The number of hydrogen-bond acceptors (Lipinski definition) is 3. The van der Waals surface area contributed by atoms with Gasteiger partial charge >= 0.3 is 0 Å². The molecule has 0 aliphatic rings. The van der Waals surface area contributed by atoms with Gasteiger partial charge in [-0.25, -0.2) is 0 Å². The van der Waals surface area contributed by atoms with Gasteiger partial charge < -0.3 is 20.9 Å².